The van der Waals surface area contributed by atoms with Crippen molar-refractivity contribution in [2.75, 3.05) is 0 Å². The number of nitrogens with zero attached hydrogens (tertiary/aromatic N) is 1. The molecule has 1 rings (SSSR count). The number of nitrogens with one attached hydrogen (secondary N) is 1. The first-order chi connectivity index (χ1) is 6.72. The fourth-order valence-electron chi connectivity index (χ4n) is 1.49. The van der Waals surface area contributed by atoms with Gasteiger partial charge in [-0.1, -0.05) is 0 Å². The molecule has 0 fully saturated rings. The number of amides is 1. The van der Waals surface area contributed by atoms with Crippen molar-refractivity contribution in [3.05, 3.63) is 23.0 Å². The molecule has 0 aliphatic heterocycles. The summed E-state index contributed by atoms with van der Waals surface area (Å²) in [6, 6.07) is 1.93. The molecule has 0 aromatic carbocycles. The molecule has 1 aromatic rings. The van der Waals surface area contributed by atoms with E-state index >= 15 is 0 Å². The number of hydrogen-bond donors (Lipinski definition) is 1. The Morgan fingerprint density at radius 1 is 1.33 bits per heavy atom. The van der Waals surface area contributed by atoms with Gasteiger partial charge in [0.1, 0.15) is 0 Å². The van der Waals surface area contributed by atoms with Crippen LogP contribution >= 0.6 is 0 Å². The molecule has 1 aromatic heterocycles. The molecule has 1 N–H and O–H groups in total. The van der Waals surface area contributed by atoms with Crippen molar-refractivity contribution in [3.8, 4) is 0 Å². The van der Waals surface area contributed by atoms with E-state index in [9.17, 15) is 4.79 Å². The summed E-state index contributed by atoms with van der Waals surface area (Å²) in [6.07, 6.45) is 0. The van der Waals surface area contributed by atoms with Gasteiger partial charge in [-0.05, 0) is 40.7 Å². The Balaban J connectivity index is 2.98. The van der Waals surface area contributed by atoms with Crippen LogP contribution in [0.1, 0.15) is 42.5 Å². The summed E-state index contributed by atoms with van der Waals surface area (Å²) in [5, 5.41) is 2.96. The van der Waals surface area contributed by atoms with Gasteiger partial charge < -0.3 is 9.88 Å². The second-order valence-corrected chi connectivity index (χ2v) is 5.05. The van der Waals surface area contributed by atoms with Crippen molar-refractivity contribution in [3.63, 3.8) is 0 Å². The minimum atomic E-state index is -0.187. The van der Waals surface area contributed by atoms with Crippen molar-refractivity contribution < 1.29 is 4.79 Å². The third kappa shape index (κ3) is 2.61. The van der Waals surface area contributed by atoms with E-state index in [0.29, 0.717) is 0 Å². The maximum Gasteiger partial charge on any atom is 0.253 e. The van der Waals surface area contributed by atoms with Crippen LogP contribution in [0, 0.1) is 13.8 Å². The zero-order chi connectivity index (χ0) is 11.8. The maximum absolute atomic E-state index is 11.9. The van der Waals surface area contributed by atoms with Gasteiger partial charge in [-0.25, -0.2) is 0 Å². The summed E-state index contributed by atoms with van der Waals surface area (Å²) >= 11 is 0. The zero-order valence-electron chi connectivity index (χ0n) is 10.4. The van der Waals surface area contributed by atoms with Crippen molar-refractivity contribution in [1.29, 1.82) is 0 Å². The van der Waals surface area contributed by atoms with Crippen LogP contribution in [-0.2, 0) is 7.05 Å². The number of carbonyl (C=O) groups is 1. The molecule has 0 saturated carbocycles. The van der Waals surface area contributed by atoms with E-state index in [1.54, 1.807) is 0 Å². The average Bonchev–Trinajstić information content (AvgIpc) is 2.30. The second kappa shape index (κ2) is 3.72. The largest absolute Gasteiger partial charge is 0.351 e. The Bertz CT molecular complexity index is 383. The second-order valence-electron chi connectivity index (χ2n) is 5.05. The van der Waals surface area contributed by atoms with Gasteiger partial charge in [0.25, 0.3) is 5.91 Å². The lowest BCUT2D eigenvalue weighted by molar-refractivity contribution is 0.0919. The monoisotopic (exact) mass is 208 g/mol. The normalized spacial score (nSPS) is 11.6. The minimum absolute atomic E-state index is 0.00343. The van der Waals surface area contributed by atoms with Gasteiger partial charge in [-0.15, -0.1) is 0 Å². The molecule has 0 spiro atoms. The number of aromatic nitrogens is 1. The molecule has 84 valence electrons. The number of carbonyl (C=O) groups excluding carboxylic acids is 1. The van der Waals surface area contributed by atoms with Crippen molar-refractivity contribution in [1.82, 2.24) is 9.88 Å². The molecule has 0 bridgehead atoms. The Morgan fingerprint density at radius 3 is 2.20 bits per heavy atom. The van der Waals surface area contributed by atoms with Crippen LogP contribution in [0.15, 0.2) is 6.07 Å². The standard InChI is InChI=1S/C12H20N2O/c1-8-7-10(9(2)14(8)6)11(15)13-12(3,4)5/h7H,1-6H3,(H,13,15). The first-order valence-electron chi connectivity index (χ1n) is 5.18. The predicted molar refractivity (Wildman–Crippen MR) is 62.1 cm³/mol. The molecule has 1 amide bonds. The molecular weight excluding hydrogens is 188 g/mol. The van der Waals surface area contributed by atoms with Gasteiger partial charge >= 0.3 is 0 Å². The Hall–Kier alpha value is -1.25. The van der Waals surface area contributed by atoms with Crippen molar-refractivity contribution in [2.45, 2.75) is 40.2 Å². The first-order valence-corrected chi connectivity index (χ1v) is 5.18. The molecule has 0 saturated heterocycles. The molecule has 0 aliphatic rings. The van der Waals surface area contributed by atoms with Gasteiger partial charge in [0.2, 0.25) is 0 Å². The Labute approximate surface area is 91.5 Å². The van der Waals surface area contributed by atoms with E-state index in [0.717, 1.165) is 17.0 Å². The summed E-state index contributed by atoms with van der Waals surface area (Å²) in [7, 11) is 1.97. The highest BCUT2D eigenvalue weighted by Gasteiger charge is 2.18. The Morgan fingerprint density at radius 2 is 1.87 bits per heavy atom. The van der Waals surface area contributed by atoms with E-state index in [4.69, 9.17) is 0 Å². The van der Waals surface area contributed by atoms with Crippen LogP contribution in [0.25, 0.3) is 0 Å². The van der Waals surface area contributed by atoms with Crippen LogP contribution in [0.4, 0.5) is 0 Å². The van der Waals surface area contributed by atoms with E-state index in [1.165, 1.54) is 0 Å². The maximum atomic E-state index is 11.9. The summed E-state index contributed by atoms with van der Waals surface area (Å²) < 4.78 is 2.03. The van der Waals surface area contributed by atoms with E-state index < -0.39 is 0 Å². The lowest BCUT2D eigenvalue weighted by atomic mass is 10.1. The van der Waals surface area contributed by atoms with Crippen LogP contribution in [0.3, 0.4) is 0 Å². The summed E-state index contributed by atoms with van der Waals surface area (Å²) in [5.41, 5.74) is 2.69. The smallest absolute Gasteiger partial charge is 0.253 e. The zero-order valence-corrected chi connectivity index (χ0v) is 10.4. The van der Waals surface area contributed by atoms with Gasteiger partial charge in [-0.2, -0.15) is 0 Å². The number of rotatable bonds is 1. The minimum Gasteiger partial charge on any atom is -0.351 e. The SMILES string of the molecule is Cc1cc(C(=O)NC(C)(C)C)c(C)n1C. The van der Waals surface area contributed by atoms with Crippen molar-refractivity contribution in [2.24, 2.45) is 7.05 Å². The number of hydrogen-bond acceptors (Lipinski definition) is 1. The van der Waals surface area contributed by atoms with Gasteiger partial charge in [0, 0.05) is 24.0 Å². The quantitative estimate of drug-likeness (QED) is 0.754. The molecule has 0 radical (unpaired) electrons. The van der Waals surface area contributed by atoms with Crippen LogP contribution < -0.4 is 5.32 Å². The van der Waals surface area contributed by atoms with Gasteiger partial charge in [-0.3, -0.25) is 4.79 Å². The predicted octanol–water partition coefficient (Wildman–Crippen LogP) is 2.17. The highest BCUT2D eigenvalue weighted by Crippen LogP contribution is 2.14. The highest BCUT2D eigenvalue weighted by molar-refractivity contribution is 5.96. The number of aryl methyl sites for hydroxylation is 1. The first kappa shape index (κ1) is 11.8. The van der Waals surface area contributed by atoms with Crippen LogP contribution in [-0.4, -0.2) is 16.0 Å². The fraction of sp³-hybridized carbons (Fsp3) is 0.583. The summed E-state index contributed by atoms with van der Waals surface area (Å²) in [6.45, 7) is 9.91. The van der Waals surface area contributed by atoms with E-state index in [1.807, 2.05) is 52.3 Å². The highest BCUT2D eigenvalue weighted by atomic mass is 16.1. The van der Waals surface area contributed by atoms with Crippen molar-refractivity contribution >= 4 is 5.91 Å². The third-order valence-corrected chi connectivity index (χ3v) is 2.51. The fourth-order valence-corrected chi connectivity index (χ4v) is 1.49. The molecule has 3 heteroatoms. The molecule has 15 heavy (non-hydrogen) atoms. The van der Waals surface area contributed by atoms with Gasteiger partial charge in [0.15, 0.2) is 0 Å². The lowest BCUT2D eigenvalue weighted by Crippen LogP contribution is -2.40. The molecule has 0 aliphatic carbocycles. The summed E-state index contributed by atoms with van der Waals surface area (Å²) in [4.78, 5) is 11.9. The molecule has 3 nitrogen and oxygen atoms in total. The third-order valence-electron chi connectivity index (χ3n) is 2.51. The Kier molecular flexibility index (Phi) is 2.93. The average molecular weight is 208 g/mol. The summed E-state index contributed by atoms with van der Waals surface area (Å²) in [5.74, 6) is 0.00343. The van der Waals surface area contributed by atoms with Crippen LogP contribution in [0.5, 0.6) is 0 Å². The van der Waals surface area contributed by atoms with Crippen LogP contribution in [0.2, 0.25) is 0 Å². The molecule has 0 unspecified atom stereocenters. The molecular formula is C12H20N2O. The topological polar surface area (TPSA) is 34.0 Å². The van der Waals surface area contributed by atoms with E-state index in [-0.39, 0.29) is 11.4 Å². The lowest BCUT2D eigenvalue weighted by Gasteiger charge is -2.20. The molecule has 0 atom stereocenters. The molecule has 1 heterocycles. The van der Waals surface area contributed by atoms with E-state index in [2.05, 4.69) is 5.32 Å². The van der Waals surface area contributed by atoms with Gasteiger partial charge in [0.05, 0.1) is 5.56 Å².